The number of benzene rings is 2. The van der Waals surface area contributed by atoms with Crippen LogP contribution in [0, 0.1) is 0 Å². The average Bonchev–Trinajstić information content (AvgIpc) is 2.88. The van der Waals surface area contributed by atoms with Gasteiger partial charge in [-0.1, -0.05) is 24.3 Å². The van der Waals surface area contributed by atoms with E-state index >= 15 is 0 Å². The number of hydrogen-bond donors (Lipinski definition) is 6. The summed E-state index contributed by atoms with van der Waals surface area (Å²) >= 11 is 0. The number of nitrogens with two attached hydrogens (primary N) is 3. The van der Waals surface area contributed by atoms with Gasteiger partial charge < -0.3 is 47.1 Å². The first-order valence-corrected chi connectivity index (χ1v) is 14.2. The van der Waals surface area contributed by atoms with Crippen molar-refractivity contribution in [3.05, 3.63) is 59.7 Å². The lowest BCUT2D eigenvalue weighted by atomic mass is 10.1. The van der Waals surface area contributed by atoms with E-state index in [1.807, 2.05) is 36.4 Å². The molecule has 0 radical (unpaired) electrons. The normalized spacial score (nSPS) is 12.0. The molecule has 2 atom stereocenters. The Kier molecular flexibility index (Phi) is 17.4. The van der Waals surface area contributed by atoms with E-state index in [9.17, 15) is 18.0 Å². The summed E-state index contributed by atoms with van der Waals surface area (Å²) in [7, 11) is -2.11. The van der Waals surface area contributed by atoms with Gasteiger partial charge in [-0.25, -0.2) is 4.79 Å². The molecule has 0 aliphatic rings. The molecule has 0 aliphatic heterocycles. The third kappa shape index (κ3) is 17.4. The zero-order valence-corrected chi connectivity index (χ0v) is 24.0. The van der Waals surface area contributed by atoms with Gasteiger partial charge in [-0.05, 0) is 61.1 Å². The Balaban J connectivity index is 0.00000104. The zero-order chi connectivity index (χ0) is 30.1. The predicted molar refractivity (Wildman–Crippen MR) is 156 cm³/mol. The summed E-state index contributed by atoms with van der Waals surface area (Å²) < 4.78 is 31.9. The van der Waals surface area contributed by atoms with Crippen molar-refractivity contribution in [1.29, 1.82) is 0 Å². The molecular weight excluding hydrogens is 558 g/mol. The molecule has 0 fully saturated rings. The largest absolute Gasteiger partial charge is 0.480 e. The number of aliphatic imine (C=N–C) groups is 1. The summed E-state index contributed by atoms with van der Waals surface area (Å²) in [6.45, 7) is 1.19. The molecule has 2 aromatic carbocycles. The SMILES string of the molecule is CO[C@@H](Cc1ccc(NCCCc2ccc(OS(C)(=O)=O)cc2)cc1)C(=O)O.NC(N)=NCCC[C@H](N)C(=O)O.O. The molecule has 2 rings (SSSR count). The van der Waals surface area contributed by atoms with Gasteiger partial charge >= 0.3 is 22.1 Å². The Labute approximate surface area is 240 Å². The van der Waals surface area contributed by atoms with Crippen molar-refractivity contribution in [2.24, 2.45) is 22.2 Å². The van der Waals surface area contributed by atoms with Gasteiger partial charge in [0.1, 0.15) is 11.8 Å². The van der Waals surface area contributed by atoms with Crippen LogP contribution in [0.3, 0.4) is 0 Å². The molecule has 0 saturated heterocycles. The minimum absolute atomic E-state index is 0. The minimum atomic E-state index is -3.50. The van der Waals surface area contributed by atoms with Crippen molar-refractivity contribution >= 4 is 33.7 Å². The molecule has 15 heteroatoms. The topological polar surface area (TPSA) is 261 Å². The molecule has 230 valence electrons. The Morgan fingerprint density at radius 2 is 1.56 bits per heavy atom. The van der Waals surface area contributed by atoms with Crippen molar-refractivity contribution in [1.82, 2.24) is 0 Å². The molecule has 0 bridgehead atoms. The lowest BCUT2D eigenvalue weighted by Crippen LogP contribution is -2.30. The van der Waals surface area contributed by atoms with Crippen LogP contribution in [-0.4, -0.2) is 80.6 Å². The summed E-state index contributed by atoms with van der Waals surface area (Å²) in [5.41, 5.74) is 18.3. The maximum Gasteiger partial charge on any atom is 0.333 e. The van der Waals surface area contributed by atoms with Gasteiger partial charge in [-0.15, -0.1) is 0 Å². The Bertz CT molecular complexity index is 1190. The number of carbonyl (C=O) groups is 2. The Morgan fingerprint density at radius 3 is 2.05 bits per heavy atom. The zero-order valence-electron chi connectivity index (χ0n) is 23.2. The first-order valence-electron chi connectivity index (χ1n) is 12.4. The molecule has 0 unspecified atom stereocenters. The maximum atomic E-state index is 11.1. The van der Waals surface area contributed by atoms with Crippen LogP contribution in [0.4, 0.5) is 5.69 Å². The third-order valence-corrected chi connectivity index (χ3v) is 5.86. The molecule has 41 heavy (non-hydrogen) atoms. The molecule has 0 saturated carbocycles. The summed E-state index contributed by atoms with van der Waals surface area (Å²) in [6, 6.07) is 13.8. The van der Waals surface area contributed by atoms with Crippen LogP contribution in [0.15, 0.2) is 53.5 Å². The van der Waals surface area contributed by atoms with E-state index in [1.165, 1.54) is 7.11 Å². The fourth-order valence-corrected chi connectivity index (χ4v) is 3.76. The van der Waals surface area contributed by atoms with Gasteiger partial charge in [0, 0.05) is 32.3 Å². The van der Waals surface area contributed by atoms with Gasteiger partial charge in [0.15, 0.2) is 12.1 Å². The van der Waals surface area contributed by atoms with Crippen LogP contribution in [0.2, 0.25) is 0 Å². The highest BCUT2D eigenvalue weighted by molar-refractivity contribution is 7.86. The van der Waals surface area contributed by atoms with Gasteiger partial charge in [-0.2, -0.15) is 8.42 Å². The van der Waals surface area contributed by atoms with Crippen LogP contribution in [0.1, 0.15) is 30.4 Å². The van der Waals surface area contributed by atoms with Crippen molar-refractivity contribution in [3.8, 4) is 5.75 Å². The molecule has 0 heterocycles. The van der Waals surface area contributed by atoms with Crippen LogP contribution < -0.4 is 26.7 Å². The number of aryl methyl sites for hydroxylation is 1. The Morgan fingerprint density at radius 1 is 0.976 bits per heavy atom. The number of rotatable bonds is 16. The second kappa shape index (κ2) is 19.2. The molecule has 11 N–H and O–H groups in total. The second-order valence-corrected chi connectivity index (χ2v) is 10.4. The minimum Gasteiger partial charge on any atom is -0.480 e. The maximum absolute atomic E-state index is 11.1. The molecule has 0 aliphatic carbocycles. The molecule has 0 amide bonds. The van der Waals surface area contributed by atoms with Gasteiger partial charge in [-0.3, -0.25) is 9.79 Å². The molecule has 14 nitrogen and oxygen atoms in total. The summed E-state index contributed by atoms with van der Waals surface area (Å²) in [6.07, 6.45) is 3.20. The third-order valence-electron chi connectivity index (χ3n) is 5.36. The molecular formula is C26H41N5O9S. The van der Waals surface area contributed by atoms with Crippen LogP contribution >= 0.6 is 0 Å². The number of carboxylic acids is 2. The van der Waals surface area contributed by atoms with E-state index < -0.39 is 34.2 Å². The van der Waals surface area contributed by atoms with Crippen molar-refractivity contribution in [2.45, 2.75) is 44.2 Å². The fourth-order valence-electron chi connectivity index (χ4n) is 3.30. The number of nitrogens with one attached hydrogen (secondary N) is 1. The van der Waals surface area contributed by atoms with Crippen LogP contribution in [0.5, 0.6) is 5.75 Å². The first-order chi connectivity index (χ1) is 18.8. The number of anilines is 1. The molecule has 2 aromatic rings. The van der Waals surface area contributed by atoms with E-state index in [1.54, 1.807) is 12.1 Å². The van der Waals surface area contributed by atoms with Crippen molar-refractivity contribution in [2.75, 3.05) is 31.8 Å². The van der Waals surface area contributed by atoms with E-state index in [0.717, 1.165) is 42.5 Å². The highest BCUT2D eigenvalue weighted by Crippen LogP contribution is 2.16. The average molecular weight is 600 g/mol. The summed E-state index contributed by atoms with van der Waals surface area (Å²) in [5, 5.41) is 20.7. The summed E-state index contributed by atoms with van der Waals surface area (Å²) in [5.74, 6) is -1.65. The Hall–Kier alpha value is -3.92. The number of aliphatic carboxylic acids is 2. The highest BCUT2D eigenvalue weighted by atomic mass is 32.2. The number of hydrogen-bond acceptors (Lipinski definition) is 9. The fraction of sp³-hybridized carbons (Fsp3) is 0.423. The van der Waals surface area contributed by atoms with E-state index in [4.69, 9.17) is 36.3 Å². The van der Waals surface area contributed by atoms with Crippen molar-refractivity contribution < 1.29 is 42.6 Å². The van der Waals surface area contributed by atoms with Gasteiger partial charge in [0.05, 0.1) is 6.26 Å². The van der Waals surface area contributed by atoms with Crippen LogP contribution in [-0.2, 0) is 37.3 Å². The van der Waals surface area contributed by atoms with Gasteiger partial charge in [0.25, 0.3) is 0 Å². The first kappa shape index (κ1) is 37.1. The number of ether oxygens (including phenoxy) is 1. The highest BCUT2D eigenvalue weighted by Gasteiger charge is 2.16. The van der Waals surface area contributed by atoms with Crippen LogP contribution in [0.25, 0.3) is 0 Å². The number of methoxy groups -OCH3 is 1. The summed E-state index contributed by atoms with van der Waals surface area (Å²) in [4.78, 5) is 24.9. The van der Waals surface area contributed by atoms with E-state index in [2.05, 4.69) is 10.3 Å². The number of nitrogens with zero attached hydrogens (tertiary/aromatic N) is 1. The monoisotopic (exact) mass is 599 g/mol. The lowest BCUT2D eigenvalue weighted by Gasteiger charge is -2.11. The number of carboxylic acid groups (broad SMARTS) is 2. The molecule has 0 aromatic heterocycles. The van der Waals surface area contributed by atoms with E-state index in [-0.39, 0.29) is 11.4 Å². The van der Waals surface area contributed by atoms with Crippen molar-refractivity contribution in [3.63, 3.8) is 0 Å². The standard InChI is InChI=1S/C20H25NO6S.C6H14N4O2.H2O/c1-26-19(20(22)23)14-16-5-9-17(10-6-16)21-13-3-4-15-7-11-18(12-8-15)27-28(2,24)25;7-4(5(11)12)2-1-3-10-6(8)9;/h5-12,19,21H,3-4,13-14H2,1-2H3,(H,22,23);4H,1-3,7H2,(H,11,12)(H4,8,9,10);1H2/t19-;4-;/m00./s1. The van der Waals surface area contributed by atoms with E-state index in [0.29, 0.717) is 31.6 Å². The smallest absolute Gasteiger partial charge is 0.333 e. The second-order valence-electron chi connectivity index (χ2n) is 8.82. The number of guanidine groups is 1. The predicted octanol–water partition coefficient (Wildman–Crippen LogP) is 0.339. The van der Waals surface area contributed by atoms with Gasteiger partial charge in [0.2, 0.25) is 0 Å². The quantitative estimate of drug-likeness (QED) is 0.0660. The lowest BCUT2D eigenvalue weighted by molar-refractivity contribution is -0.148. The molecule has 0 spiro atoms.